The van der Waals surface area contributed by atoms with Crippen molar-refractivity contribution < 1.29 is 23.5 Å². The molecule has 0 bridgehead atoms. The van der Waals surface area contributed by atoms with Gasteiger partial charge in [0, 0.05) is 29.4 Å². The second-order valence-corrected chi connectivity index (χ2v) is 10.3. The average Bonchev–Trinajstić information content (AvgIpc) is 3.18. The van der Waals surface area contributed by atoms with Gasteiger partial charge in [-0.15, -0.1) is 0 Å². The summed E-state index contributed by atoms with van der Waals surface area (Å²) in [7, 11) is 0. The number of halogens is 2. The maximum absolute atomic E-state index is 14.0. The summed E-state index contributed by atoms with van der Waals surface area (Å²) in [5.41, 5.74) is 0.0312. The van der Waals surface area contributed by atoms with Crippen molar-refractivity contribution in [1.29, 1.82) is 0 Å². The van der Waals surface area contributed by atoms with Crippen LogP contribution in [0.25, 0.3) is 0 Å². The highest BCUT2D eigenvalue weighted by Gasteiger charge is 2.49. The molecular formula is C26H31ClFN3O4. The van der Waals surface area contributed by atoms with Crippen LogP contribution in [0.5, 0.6) is 0 Å². The van der Waals surface area contributed by atoms with E-state index < -0.39 is 23.1 Å². The molecule has 1 atom stereocenters. The lowest BCUT2D eigenvalue weighted by molar-refractivity contribution is -0.159. The van der Waals surface area contributed by atoms with E-state index in [0.717, 1.165) is 5.69 Å². The first-order chi connectivity index (χ1) is 16.5. The molecule has 0 radical (unpaired) electrons. The first-order valence-corrected chi connectivity index (χ1v) is 12.2. The lowest BCUT2D eigenvalue weighted by atomic mass is 9.95. The Morgan fingerprint density at radius 2 is 1.80 bits per heavy atom. The van der Waals surface area contributed by atoms with Gasteiger partial charge in [-0.1, -0.05) is 11.6 Å². The Hall–Kier alpha value is -3.00. The van der Waals surface area contributed by atoms with E-state index in [1.807, 2.05) is 12.1 Å². The van der Waals surface area contributed by atoms with Gasteiger partial charge >= 0.3 is 11.9 Å². The minimum absolute atomic E-state index is 0.117. The van der Waals surface area contributed by atoms with Crippen LogP contribution in [0.2, 0.25) is 5.02 Å². The van der Waals surface area contributed by atoms with Crippen molar-refractivity contribution in [2.24, 2.45) is 5.92 Å². The Morgan fingerprint density at radius 1 is 1.11 bits per heavy atom. The minimum Gasteiger partial charge on any atom is -0.466 e. The van der Waals surface area contributed by atoms with Crippen molar-refractivity contribution >= 4 is 40.6 Å². The lowest BCUT2D eigenvalue weighted by Gasteiger charge is -2.35. The molecule has 0 aliphatic carbocycles. The van der Waals surface area contributed by atoms with E-state index in [4.69, 9.17) is 21.1 Å². The molecule has 2 aromatic rings. The summed E-state index contributed by atoms with van der Waals surface area (Å²) in [6.07, 6.45) is 1.35. The summed E-state index contributed by atoms with van der Waals surface area (Å²) >= 11 is 6.65. The Labute approximate surface area is 209 Å². The number of hydrogen-bond acceptors (Lipinski definition) is 7. The quantitative estimate of drug-likeness (QED) is 0.536. The van der Waals surface area contributed by atoms with Crippen molar-refractivity contribution in [3.63, 3.8) is 0 Å². The SMILES string of the molecule is CCOC(=O)C1CCN(c2ccc(Cl)c(C3(C(=O)OC(C)(C)C)Nc4ccc(F)cc4N3)c2)CC1. The van der Waals surface area contributed by atoms with Crippen LogP contribution >= 0.6 is 11.6 Å². The molecule has 2 aromatic carbocycles. The van der Waals surface area contributed by atoms with Crippen molar-refractivity contribution in [2.45, 2.75) is 51.8 Å². The second-order valence-electron chi connectivity index (χ2n) is 9.87. The summed E-state index contributed by atoms with van der Waals surface area (Å²) in [4.78, 5) is 27.9. The van der Waals surface area contributed by atoms with Crippen LogP contribution in [0.3, 0.4) is 0 Å². The van der Waals surface area contributed by atoms with Crippen LogP contribution in [-0.2, 0) is 24.7 Å². The predicted octanol–water partition coefficient (Wildman–Crippen LogP) is 5.29. The van der Waals surface area contributed by atoms with Crippen molar-refractivity contribution in [3.8, 4) is 0 Å². The van der Waals surface area contributed by atoms with Gasteiger partial charge in [-0.2, -0.15) is 0 Å². The zero-order chi connectivity index (χ0) is 25.4. The van der Waals surface area contributed by atoms with Gasteiger partial charge in [0.1, 0.15) is 11.4 Å². The first kappa shape index (κ1) is 25.1. The molecule has 1 fully saturated rings. The molecule has 188 valence electrons. The number of carbonyl (C=O) groups excluding carboxylic acids is 2. The number of esters is 2. The molecule has 1 saturated heterocycles. The summed E-state index contributed by atoms with van der Waals surface area (Å²) in [6, 6.07) is 9.70. The Morgan fingerprint density at radius 3 is 2.46 bits per heavy atom. The second kappa shape index (κ2) is 9.57. The van der Waals surface area contributed by atoms with Crippen LogP contribution in [-0.4, -0.2) is 37.2 Å². The van der Waals surface area contributed by atoms with E-state index in [9.17, 15) is 14.0 Å². The summed E-state index contributed by atoms with van der Waals surface area (Å²) in [6.45, 7) is 8.86. The van der Waals surface area contributed by atoms with Gasteiger partial charge in [-0.05, 0) is 76.9 Å². The molecular weight excluding hydrogens is 473 g/mol. The van der Waals surface area contributed by atoms with Crippen LogP contribution < -0.4 is 15.5 Å². The number of rotatable bonds is 5. The fourth-order valence-electron chi connectivity index (χ4n) is 4.50. The number of fused-ring (bicyclic) bond motifs is 1. The van der Waals surface area contributed by atoms with Crippen molar-refractivity contribution in [1.82, 2.24) is 0 Å². The van der Waals surface area contributed by atoms with Gasteiger partial charge in [-0.25, -0.2) is 9.18 Å². The summed E-state index contributed by atoms with van der Waals surface area (Å²) < 4.78 is 24.9. The summed E-state index contributed by atoms with van der Waals surface area (Å²) in [5.74, 6) is -1.28. The number of hydrogen-bond donors (Lipinski definition) is 2. The fraction of sp³-hybridized carbons (Fsp3) is 0.462. The number of ether oxygens (including phenoxy) is 2. The monoisotopic (exact) mass is 503 g/mol. The van der Waals surface area contributed by atoms with E-state index in [1.54, 1.807) is 39.8 Å². The number of benzene rings is 2. The third-order valence-electron chi connectivity index (χ3n) is 6.17. The number of carbonyl (C=O) groups is 2. The zero-order valence-electron chi connectivity index (χ0n) is 20.4. The molecule has 4 rings (SSSR count). The van der Waals surface area contributed by atoms with Gasteiger partial charge in [0.25, 0.3) is 0 Å². The molecule has 7 nitrogen and oxygen atoms in total. The molecule has 9 heteroatoms. The van der Waals surface area contributed by atoms with Crippen LogP contribution in [0.4, 0.5) is 21.5 Å². The Balaban J connectivity index is 1.67. The molecule has 2 aliphatic heterocycles. The van der Waals surface area contributed by atoms with Crippen LogP contribution in [0, 0.1) is 11.7 Å². The summed E-state index contributed by atoms with van der Waals surface area (Å²) in [5, 5.41) is 6.70. The zero-order valence-corrected chi connectivity index (χ0v) is 21.2. The highest BCUT2D eigenvalue weighted by atomic mass is 35.5. The van der Waals surface area contributed by atoms with Crippen LogP contribution in [0.15, 0.2) is 36.4 Å². The molecule has 35 heavy (non-hydrogen) atoms. The Bertz CT molecular complexity index is 1130. The molecule has 0 saturated carbocycles. The van der Waals surface area contributed by atoms with Gasteiger partial charge in [0.2, 0.25) is 5.66 Å². The van der Waals surface area contributed by atoms with E-state index >= 15 is 0 Å². The van der Waals surface area contributed by atoms with Crippen molar-refractivity contribution in [2.75, 3.05) is 35.2 Å². The molecule has 2 N–H and O–H groups in total. The van der Waals surface area contributed by atoms with E-state index in [1.165, 1.54) is 12.1 Å². The third kappa shape index (κ3) is 5.17. The molecule has 0 spiro atoms. The number of nitrogens with zero attached hydrogens (tertiary/aromatic N) is 1. The maximum atomic E-state index is 14.0. The van der Waals surface area contributed by atoms with Gasteiger partial charge in [0.05, 0.1) is 23.9 Å². The minimum atomic E-state index is -1.54. The largest absolute Gasteiger partial charge is 0.466 e. The average molecular weight is 504 g/mol. The predicted molar refractivity (Wildman–Crippen MR) is 134 cm³/mol. The highest BCUT2D eigenvalue weighted by molar-refractivity contribution is 6.32. The van der Waals surface area contributed by atoms with E-state index in [0.29, 0.717) is 54.5 Å². The molecule has 1 unspecified atom stereocenters. The molecule has 2 aliphatic rings. The van der Waals surface area contributed by atoms with Gasteiger partial charge in [0.15, 0.2) is 0 Å². The maximum Gasteiger partial charge on any atom is 0.358 e. The Kier molecular flexibility index (Phi) is 6.86. The highest BCUT2D eigenvalue weighted by Crippen LogP contribution is 2.44. The normalized spacial score (nSPS) is 20.0. The number of anilines is 3. The number of nitrogens with one attached hydrogen (secondary N) is 2. The van der Waals surface area contributed by atoms with Gasteiger partial charge < -0.3 is 25.0 Å². The number of piperidine rings is 1. The van der Waals surface area contributed by atoms with Gasteiger partial charge in [-0.3, -0.25) is 4.79 Å². The molecule has 2 heterocycles. The van der Waals surface area contributed by atoms with Crippen molar-refractivity contribution in [3.05, 3.63) is 52.8 Å². The van der Waals surface area contributed by atoms with Crippen LogP contribution in [0.1, 0.15) is 46.1 Å². The standard InChI is InChI=1S/C26H31ClFN3O4/c1-5-34-23(32)16-10-12-31(13-11-16)18-7-8-20(27)19(15-18)26(24(33)35-25(2,3)4)29-21-9-6-17(28)14-22(21)30-26/h6-9,14-16,29-30H,5,10-13H2,1-4H3. The van der Waals surface area contributed by atoms with E-state index in [-0.39, 0.29) is 11.9 Å². The lowest BCUT2D eigenvalue weighted by Crippen LogP contribution is -2.50. The first-order valence-electron chi connectivity index (χ1n) is 11.8. The van der Waals surface area contributed by atoms with E-state index in [2.05, 4.69) is 15.5 Å². The topological polar surface area (TPSA) is 79.9 Å². The molecule has 0 amide bonds. The fourth-order valence-corrected chi connectivity index (χ4v) is 4.76. The third-order valence-corrected chi connectivity index (χ3v) is 6.49. The molecule has 0 aromatic heterocycles. The smallest absolute Gasteiger partial charge is 0.358 e.